The summed E-state index contributed by atoms with van der Waals surface area (Å²) >= 11 is 3.32. The van der Waals surface area contributed by atoms with Crippen molar-refractivity contribution in [3.05, 3.63) is 40.9 Å². The molecule has 0 saturated carbocycles. The molecular formula is C13H14BrNO2S. The predicted octanol–water partition coefficient (Wildman–Crippen LogP) is 2.93. The van der Waals surface area contributed by atoms with Gasteiger partial charge in [-0.3, -0.25) is 0 Å². The lowest BCUT2D eigenvalue weighted by atomic mass is 9.96. The number of nitrogens with zero attached hydrogens (tertiary/aromatic N) is 1. The van der Waals surface area contributed by atoms with E-state index in [1.165, 1.54) is 0 Å². The van der Waals surface area contributed by atoms with E-state index in [2.05, 4.69) is 28.1 Å². The molecule has 0 spiro atoms. The van der Waals surface area contributed by atoms with Gasteiger partial charge >= 0.3 is 0 Å². The second-order valence-corrected chi connectivity index (χ2v) is 7.77. The number of sulfonamides is 1. The Balaban J connectivity index is 1.96. The summed E-state index contributed by atoms with van der Waals surface area (Å²) in [6.45, 7) is 2.03. The Morgan fingerprint density at radius 1 is 1.28 bits per heavy atom. The van der Waals surface area contributed by atoms with Crippen LogP contribution in [-0.4, -0.2) is 24.3 Å². The zero-order valence-corrected chi connectivity index (χ0v) is 12.4. The summed E-state index contributed by atoms with van der Waals surface area (Å²) in [6.07, 6.45) is 5.79. The number of hydrogen-bond donors (Lipinski definition) is 0. The molecule has 96 valence electrons. The molecular weight excluding hydrogens is 314 g/mol. The highest BCUT2D eigenvalue weighted by Crippen LogP contribution is 2.52. The minimum atomic E-state index is -3.35. The van der Waals surface area contributed by atoms with Crippen LogP contribution in [0, 0.1) is 0 Å². The first kappa shape index (κ1) is 12.4. The predicted molar refractivity (Wildman–Crippen MR) is 73.7 cm³/mol. The van der Waals surface area contributed by atoms with E-state index in [4.69, 9.17) is 0 Å². The molecule has 1 heterocycles. The normalized spacial score (nSPS) is 34.1. The first-order valence-corrected chi connectivity index (χ1v) is 8.15. The van der Waals surface area contributed by atoms with Crippen LogP contribution in [0.25, 0.3) is 0 Å². The van der Waals surface area contributed by atoms with Gasteiger partial charge in [-0.2, -0.15) is 4.31 Å². The summed E-state index contributed by atoms with van der Waals surface area (Å²) in [5.74, 6) is 0. The number of fused-ring (bicyclic) bond motifs is 1. The average molecular weight is 328 g/mol. The molecule has 3 rings (SSSR count). The largest absolute Gasteiger partial charge is 0.243 e. The van der Waals surface area contributed by atoms with Crippen LogP contribution in [-0.2, 0) is 10.0 Å². The molecule has 1 saturated heterocycles. The van der Waals surface area contributed by atoms with E-state index in [-0.39, 0.29) is 11.6 Å². The van der Waals surface area contributed by atoms with Gasteiger partial charge in [0.2, 0.25) is 10.0 Å². The van der Waals surface area contributed by atoms with Crippen molar-refractivity contribution in [2.45, 2.75) is 36.2 Å². The van der Waals surface area contributed by atoms with Gasteiger partial charge in [0.15, 0.2) is 0 Å². The monoisotopic (exact) mass is 327 g/mol. The lowest BCUT2D eigenvalue weighted by Gasteiger charge is -2.11. The smallest absolute Gasteiger partial charge is 0.207 e. The van der Waals surface area contributed by atoms with E-state index in [1.54, 1.807) is 28.6 Å². The third-order valence-corrected chi connectivity index (χ3v) is 6.45. The van der Waals surface area contributed by atoms with Crippen LogP contribution in [0.5, 0.6) is 0 Å². The van der Waals surface area contributed by atoms with Crippen molar-refractivity contribution < 1.29 is 8.42 Å². The van der Waals surface area contributed by atoms with Crippen molar-refractivity contribution in [1.82, 2.24) is 4.31 Å². The fraction of sp³-hybridized carbons (Fsp3) is 0.385. The molecule has 1 aromatic rings. The number of benzene rings is 1. The highest BCUT2D eigenvalue weighted by Gasteiger charge is 2.64. The Labute approximate surface area is 116 Å². The van der Waals surface area contributed by atoms with E-state index in [9.17, 15) is 8.42 Å². The topological polar surface area (TPSA) is 37.1 Å². The van der Waals surface area contributed by atoms with Crippen LogP contribution in [0.4, 0.5) is 0 Å². The fourth-order valence-electron chi connectivity index (χ4n) is 2.75. The molecule has 5 heteroatoms. The third kappa shape index (κ3) is 1.68. The number of rotatable bonds is 2. The SMILES string of the molecule is CC12CC=CCC1N2S(=O)(=O)c1ccc(Br)cc1. The quantitative estimate of drug-likeness (QED) is 0.618. The third-order valence-electron chi connectivity index (χ3n) is 3.86. The summed E-state index contributed by atoms with van der Waals surface area (Å²) in [7, 11) is -3.35. The van der Waals surface area contributed by atoms with E-state index in [0.29, 0.717) is 4.90 Å². The van der Waals surface area contributed by atoms with Gasteiger partial charge in [0.1, 0.15) is 0 Å². The Hall–Kier alpha value is -0.650. The lowest BCUT2D eigenvalue weighted by molar-refractivity contribution is 0.516. The van der Waals surface area contributed by atoms with Gasteiger partial charge < -0.3 is 0 Å². The standard InChI is InChI=1S/C13H14BrNO2S/c1-13-9-3-2-4-12(13)15(13)18(16,17)11-7-5-10(14)6-8-11/h2-3,5-8,12H,4,9H2,1H3. The van der Waals surface area contributed by atoms with Crippen LogP contribution in [0.15, 0.2) is 45.8 Å². The van der Waals surface area contributed by atoms with Gasteiger partial charge in [-0.1, -0.05) is 28.1 Å². The highest BCUT2D eigenvalue weighted by atomic mass is 79.9. The van der Waals surface area contributed by atoms with Crippen LogP contribution in [0.1, 0.15) is 19.8 Å². The van der Waals surface area contributed by atoms with Crippen molar-refractivity contribution in [3.8, 4) is 0 Å². The molecule has 3 unspecified atom stereocenters. The molecule has 3 nitrogen and oxygen atoms in total. The maximum absolute atomic E-state index is 12.6. The number of hydrogen-bond acceptors (Lipinski definition) is 2. The maximum atomic E-state index is 12.6. The van der Waals surface area contributed by atoms with Crippen LogP contribution >= 0.6 is 15.9 Å². The molecule has 1 aromatic carbocycles. The van der Waals surface area contributed by atoms with Crippen molar-refractivity contribution in [3.63, 3.8) is 0 Å². The van der Waals surface area contributed by atoms with Crippen LogP contribution < -0.4 is 0 Å². The molecule has 1 aliphatic heterocycles. The Bertz CT molecular complexity index is 608. The minimum absolute atomic E-state index is 0.135. The summed E-state index contributed by atoms with van der Waals surface area (Å²) in [6, 6.07) is 6.97. The summed E-state index contributed by atoms with van der Waals surface area (Å²) in [5, 5.41) is 0. The van der Waals surface area contributed by atoms with Gasteiger partial charge in [0.25, 0.3) is 0 Å². The number of halogens is 1. The average Bonchev–Trinajstić information content (AvgIpc) is 2.96. The van der Waals surface area contributed by atoms with Gasteiger partial charge in [0, 0.05) is 10.5 Å². The molecule has 3 atom stereocenters. The molecule has 0 aromatic heterocycles. The van der Waals surface area contributed by atoms with Gasteiger partial charge in [-0.25, -0.2) is 8.42 Å². The molecule has 0 bridgehead atoms. The summed E-state index contributed by atoms with van der Waals surface area (Å²) < 4.78 is 27.7. The zero-order chi connectivity index (χ0) is 13.0. The van der Waals surface area contributed by atoms with E-state index in [0.717, 1.165) is 17.3 Å². The summed E-state index contributed by atoms with van der Waals surface area (Å²) in [4.78, 5) is 0.376. The maximum Gasteiger partial charge on any atom is 0.243 e. The minimum Gasteiger partial charge on any atom is -0.207 e. The first-order valence-electron chi connectivity index (χ1n) is 5.91. The summed E-state index contributed by atoms with van der Waals surface area (Å²) in [5.41, 5.74) is -0.208. The van der Waals surface area contributed by atoms with Gasteiger partial charge in [-0.15, -0.1) is 0 Å². The lowest BCUT2D eigenvalue weighted by Crippen LogP contribution is -2.20. The Morgan fingerprint density at radius 2 is 1.94 bits per heavy atom. The Kier molecular flexibility index (Phi) is 2.70. The van der Waals surface area contributed by atoms with E-state index >= 15 is 0 Å². The molecule has 18 heavy (non-hydrogen) atoms. The highest BCUT2D eigenvalue weighted by molar-refractivity contribution is 9.10. The molecule has 0 amide bonds. The van der Waals surface area contributed by atoms with Crippen molar-refractivity contribution in [1.29, 1.82) is 0 Å². The van der Waals surface area contributed by atoms with E-state index in [1.807, 2.05) is 6.92 Å². The van der Waals surface area contributed by atoms with Crippen LogP contribution in [0.3, 0.4) is 0 Å². The molecule has 1 aliphatic carbocycles. The fourth-order valence-corrected chi connectivity index (χ4v) is 5.07. The van der Waals surface area contributed by atoms with Gasteiger partial charge in [-0.05, 0) is 44.0 Å². The molecule has 0 radical (unpaired) electrons. The second kappa shape index (κ2) is 3.92. The van der Waals surface area contributed by atoms with Crippen molar-refractivity contribution in [2.75, 3.05) is 0 Å². The molecule has 1 fully saturated rings. The van der Waals surface area contributed by atoms with Crippen LogP contribution in [0.2, 0.25) is 0 Å². The zero-order valence-electron chi connectivity index (χ0n) is 10.0. The van der Waals surface area contributed by atoms with Crippen molar-refractivity contribution in [2.24, 2.45) is 0 Å². The van der Waals surface area contributed by atoms with E-state index < -0.39 is 10.0 Å². The molecule has 2 aliphatic rings. The van der Waals surface area contributed by atoms with Gasteiger partial charge in [0.05, 0.1) is 10.4 Å². The Morgan fingerprint density at radius 3 is 2.50 bits per heavy atom. The first-order chi connectivity index (χ1) is 8.46. The van der Waals surface area contributed by atoms with Crippen molar-refractivity contribution >= 4 is 26.0 Å². The molecule has 0 N–H and O–H groups in total. The second-order valence-electron chi connectivity index (χ2n) is 5.04.